The van der Waals surface area contributed by atoms with Crippen molar-refractivity contribution in [2.24, 2.45) is 0 Å². The first-order valence-electron chi connectivity index (χ1n) is 3.54. The molecule has 1 aromatic rings. The Hall–Kier alpha value is -1.93. The van der Waals surface area contributed by atoms with Crippen molar-refractivity contribution in [3.63, 3.8) is 0 Å². The maximum Gasteiger partial charge on any atom is 0.200 e. The summed E-state index contributed by atoms with van der Waals surface area (Å²) < 4.78 is 4.79. The van der Waals surface area contributed by atoms with Crippen LogP contribution in [0.2, 0.25) is 0 Å². The molecule has 4 heteroatoms. The third-order valence-electron chi connectivity index (χ3n) is 1.54. The van der Waals surface area contributed by atoms with Crippen LogP contribution in [0.1, 0.15) is 5.56 Å². The number of methoxy groups -OCH3 is 1. The molecular weight excluding hydrogens is 170 g/mol. The summed E-state index contributed by atoms with van der Waals surface area (Å²) in [6, 6.07) is 2.82. The highest BCUT2D eigenvalue weighted by Gasteiger charge is 2.07. The molecule has 0 fully saturated rings. The predicted octanol–water partition coefficient (Wildman–Crippen LogP) is 1.37. The van der Waals surface area contributed by atoms with Gasteiger partial charge >= 0.3 is 0 Å². The van der Waals surface area contributed by atoms with E-state index in [1.54, 1.807) is 0 Å². The summed E-state index contributed by atoms with van der Waals surface area (Å²) >= 11 is 0. The Morgan fingerprint density at radius 2 is 2.15 bits per heavy atom. The molecule has 13 heavy (non-hydrogen) atoms. The van der Waals surface area contributed by atoms with Gasteiger partial charge < -0.3 is 14.9 Å². The van der Waals surface area contributed by atoms with Crippen LogP contribution in [0.25, 0.3) is 6.08 Å². The molecule has 0 spiro atoms. The van der Waals surface area contributed by atoms with E-state index >= 15 is 0 Å². The zero-order valence-corrected chi connectivity index (χ0v) is 7.03. The highest BCUT2D eigenvalue weighted by Crippen LogP contribution is 2.36. The molecular formula is C9H9NO3. The first kappa shape index (κ1) is 9.16. The van der Waals surface area contributed by atoms with Crippen LogP contribution in [0.5, 0.6) is 17.2 Å². The first-order valence-corrected chi connectivity index (χ1v) is 3.54. The minimum absolute atomic E-state index is 0.168. The molecule has 0 amide bonds. The second-order valence-electron chi connectivity index (χ2n) is 2.38. The molecule has 68 valence electrons. The molecule has 0 bridgehead atoms. The van der Waals surface area contributed by atoms with Crippen LogP contribution >= 0.6 is 0 Å². The number of benzene rings is 1. The van der Waals surface area contributed by atoms with Crippen LogP contribution in [0.3, 0.4) is 0 Å². The summed E-state index contributed by atoms with van der Waals surface area (Å²) in [5.74, 6) is 1.65. The van der Waals surface area contributed by atoms with Crippen LogP contribution in [-0.4, -0.2) is 23.2 Å². The third-order valence-corrected chi connectivity index (χ3v) is 1.54. The summed E-state index contributed by atoms with van der Waals surface area (Å²) in [6.45, 7) is 0. The molecule has 4 nitrogen and oxygen atoms in total. The van der Waals surface area contributed by atoms with Gasteiger partial charge in [-0.2, -0.15) is 0 Å². The average Bonchev–Trinajstić information content (AvgIpc) is 2.11. The van der Waals surface area contributed by atoms with Crippen molar-refractivity contribution in [2.75, 3.05) is 7.11 Å². The highest BCUT2D eigenvalue weighted by atomic mass is 16.5. The maximum absolute atomic E-state index is 9.23. The highest BCUT2D eigenvalue weighted by molar-refractivity contribution is 5.77. The Balaban J connectivity index is 3.29. The number of hydrogen-bond donors (Lipinski definition) is 3. The van der Waals surface area contributed by atoms with Gasteiger partial charge in [-0.15, -0.1) is 0 Å². The van der Waals surface area contributed by atoms with Crippen molar-refractivity contribution in [3.8, 4) is 17.2 Å². The molecule has 0 atom stereocenters. The zero-order chi connectivity index (χ0) is 9.84. The van der Waals surface area contributed by atoms with Crippen LogP contribution in [0.15, 0.2) is 12.1 Å². The fourth-order valence-corrected chi connectivity index (χ4v) is 0.936. The van der Waals surface area contributed by atoms with E-state index in [4.69, 9.17) is 10.1 Å². The fraction of sp³-hybridized carbons (Fsp3) is 0.111. The van der Waals surface area contributed by atoms with Crippen molar-refractivity contribution < 1.29 is 14.9 Å². The minimum atomic E-state index is -0.301. The number of hydrogen-bond acceptors (Lipinski definition) is 4. The molecule has 0 aliphatic heterocycles. The minimum Gasteiger partial charge on any atom is -0.504 e. The lowest BCUT2D eigenvalue weighted by atomic mass is 10.2. The molecule has 1 rings (SSSR count). The third kappa shape index (κ3) is 1.80. The molecule has 0 radical (unpaired) electrons. The maximum atomic E-state index is 9.23. The second-order valence-corrected chi connectivity index (χ2v) is 2.38. The standard InChI is InChI=1S/C9H9NO3/c1-13-8-5-6(2-3-10)4-7(11)9(8)12/h2,4-5,10-12H,1H3. The largest absolute Gasteiger partial charge is 0.504 e. The van der Waals surface area contributed by atoms with Gasteiger partial charge in [-0.25, -0.2) is 0 Å². The van der Waals surface area contributed by atoms with E-state index in [1.165, 1.54) is 25.3 Å². The Kier molecular flexibility index (Phi) is 2.57. The number of rotatable bonds is 2. The van der Waals surface area contributed by atoms with Crippen LogP contribution in [-0.2, 0) is 0 Å². The number of phenolic OH excluding ortho intramolecular Hbond substituents is 2. The number of aromatic hydroxyl groups is 2. The van der Waals surface area contributed by atoms with E-state index in [0.29, 0.717) is 5.56 Å². The zero-order valence-electron chi connectivity index (χ0n) is 7.03. The first-order chi connectivity index (χ1) is 6.19. The Labute approximate surface area is 75.2 Å². The summed E-state index contributed by atoms with van der Waals surface area (Å²) in [5, 5.41) is 25.1. The molecule has 1 aromatic carbocycles. The lowest BCUT2D eigenvalue weighted by molar-refractivity contribution is 0.351. The van der Waals surface area contributed by atoms with Crippen LogP contribution < -0.4 is 4.74 Å². The van der Waals surface area contributed by atoms with Crippen molar-refractivity contribution in [1.82, 2.24) is 0 Å². The van der Waals surface area contributed by atoms with E-state index in [9.17, 15) is 10.2 Å². The van der Waals surface area contributed by atoms with Crippen molar-refractivity contribution in [3.05, 3.63) is 17.7 Å². The van der Waals surface area contributed by atoms with Crippen LogP contribution in [0, 0.1) is 5.41 Å². The molecule has 0 heterocycles. The number of phenols is 2. The lowest BCUT2D eigenvalue weighted by Crippen LogP contribution is -1.85. The van der Waals surface area contributed by atoms with Gasteiger partial charge in [0.15, 0.2) is 11.5 Å². The van der Waals surface area contributed by atoms with Gasteiger partial charge in [-0.05, 0) is 23.6 Å². The molecule has 0 aromatic heterocycles. The molecule has 0 saturated heterocycles. The molecule has 0 unspecified atom stereocenters. The van der Waals surface area contributed by atoms with Gasteiger partial charge in [0.2, 0.25) is 5.75 Å². The molecule has 3 N–H and O–H groups in total. The fourth-order valence-electron chi connectivity index (χ4n) is 0.936. The summed E-state index contributed by atoms with van der Waals surface area (Å²) in [7, 11) is 1.38. The van der Waals surface area contributed by atoms with Crippen molar-refractivity contribution in [2.45, 2.75) is 0 Å². The molecule has 0 aliphatic rings. The Morgan fingerprint density at radius 3 is 2.69 bits per heavy atom. The van der Waals surface area contributed by atoms with Gasteiger partial charge in [0.1, 0.15) is 0 Å². The SMILES string of the molecule is COc1cc(C=C=N)cc(O)c1O. The number of ether oxygens (including phenoxy) is 1. The van der Waals surface area contributed by atoms with Crippen molar-refractivity contribution >= 4 is 11.9 Å². The quantitative estimate of drug-likeness (QED) is 0.474. The van der Waals surface area contributed by atoms with E-state index in [-0.39, 0.29) is 17.2 Å². The van der Waals surface area contributed by atoms with Gasteiger partial charge in [0.05, 0.1) is 7.11 Å². The average molecular weight is 179 g/mol. The van der Waals surface area contributed by atoms with E-state index < -0.39 is 0 Å². The Bertz CT molecular complexity index is 367. The van der Waals surface area contributed by atoms with E-state index in [1.807, 2.05) is 0 Å². The van der Waals surface area contributed by atoms with Gasteiger partial charge in [0.25, 0.3) is 0 Å². The summed E-state index contributed by atoms with van der Waals surface area (Å²) in [4.78, 5) is 0. The smallest absolute Gasteiger partial charge is 0.200 e. The van der Waals surface area contributed by atoms with Crippen LogP contribution in [0.4, 0.5) is 0 Å². The summed E-state index contributed by atoms with van der Waals surface area (Å²) in [5.41, 5.74) is 0.544. The number of nitrogens with one attached hydrogen (secondary N) is 1. The van der Waals surface area contributed by atoms with Gasteiger partial charge in [-0.3, -0.25) is 5.41 Å². The van der Waals surface area contributed by atoms with Gasteiger partial charge in [-0.1, -0.05) is 0 Å². The van der Waals surface area contributed by atoms with Gasteiger partial charge in [0, 0.05) is 6.08 Å². The van der Waals surface area contributed by atoms with E-state index in [0.717, 1.165) is 0 Å². The Morgan fingerprint density at radius 1 is 1.46 bits per heavy atom. The van der Waals surface area contributed by atoms with Crippen molar-refractivity contribution in [1.29, 1.82) is 5.41 Å². The molecule has 0 saturated carbocycles. The normalized spacial score (nSPS) is 9.00. The lowest BCUT2D eigenvalue weighted by Gasteiger charge is -2.05. The van der Waals surface area contributed by atoms with E-state index in [2.05, 4.69) is 5.87 Å². The monoisotopic (exact) mass is 179 g/mol. The topological polar surface area (TPSA) is 73.5 Å². The predicted molar refractivity (Wildman–Crippen MR) is 48.5 cm³/mol. The molecule has 0 aliphatic carbocycles. The summed E-state index contributed by atoms with van der Waals surface area (Å²) in [6.07, 6.45) is 1.35. The second kappa shape index (κ2) is 3.65.